The van der Waals surface area contributed by atoms with E-state index in [9.17, 15) is 4.79 Å². The number of nitrogens with zero attached hydrogens (tertiary/aromatic N) is 1. The lowest BCUT2D eigenvalue weighted by molar-refractivity contribution is 0.862. The predicted molar refractivity (Wildman–Crippen MR) is 66.8 cm³/mol. The number of hydrogen-bond acceptors (Lipinski definition) is 2. The van der Waals surface area contributed by atoms with E-state index in [-0.39, 0.29) is 12.1 Å². The van der Waals surface area contributed by atoms with E-state index < -0.39 is 0 Å². The number of nitrogens with two attached hydrogens (primary N) is 1. The Bertz CT molecular complexity index is 616. The molecule has 16 heavy (non-hydrogen) atoms. The number of halogens is 1. The van der Waals surface area contributed by atoms with E-state index >= 15 is 0 Å². The molecule has 1 aromatic heterocycles. The second-order valence-corrected chi connectivity index (χ2v) is 4.22. The second-order valence-electron chi connectivity index (χ2n) is 3.81. The average molecular weight is 237 g/mol. The molecule has 4 heteroatoms. The van der Waals surface area contributed by atoms with Crippen LogP contribution in [0.25, 0.3) is 10.9 Å². The number of benzene rings is 1. The zero-order valence-electron chi connectivity index (χ0n) is 9.25. The molecule has 1 heterocycles. The van der Waals surface area contributed by atoms with Crippen LogP contribution in [0.3, 0.4) is 0 Å². The molecule has 0 saturated carbocycles. The minimum atomic E-state index is -0.0689. The summed E-state index contributed by atoms with van der Waals surface area (Å²) in [4.78, 5) is 12.0. The molecule has 3 nitrogen and oxygen atoms in total. The van der Waals surface area contributed by atoms with Gasteiger partial charge < -0.3 is 10.3 Å². The van der Waals surface area contributed by atoms with Crippen LogP contribution in [0.1, 0.15) is 11.1 Å². The summed E-state index contributed by atoms with van der Waals surface area (Å²) in [6.07, 6.45) is 0. The van der Waals surface area contributed by atoms with Gasteiger partial charge in [0.1, 0.15) is 0 Å². The van der Waals surface area contributed by atoms with Crippen LogP contribution in [0.2, 0.25) is 5.02 Å². The lowest BCUT2D eigenvalue weighted by Crippen LogP contribution is -2.25. The topological polar surface area (TPSA) is 48.0 Å². The molecule has 0 amide bonds. The first-order valence-corrected chi connectivity index (χ1v) is 5.42. The third-order valence-electron chi connectivity index (χ3n) is 2.95. The molecule has 1 aromatic carbocycles. The molecule has 0 spiro atoms. The van der Waals surface area contributed by atoms with Crippen molar-refractivity contribution >= 4 is 22.5 Å². The van der Waals surface area contributed by atoms with Gasteiger partial charge in [-0.3, -0.25) is 4.79 Å². The number of hydrogen-bond donors (Lipinski definition) is 1. The number of aryl methyl sites for hydroxylation is 2. The van der Waals surface area contributed by atoms with Gasteiger partial charge >= 0.3 is 0 Å². The van der Waals surface area contributed by atoms with E-state index in [0.29, 0.717) is 10.6 Å². The number of fused-ring (bicyclic) bond motifs is 1. The number of rotatable bonds is 1. The molecule has 0 fully saturated rings. The van der Waals surface area contributed by atoms with Gasteiger partial charge in [0, 0.05) is 24.5 Å². The van der Waals surface area contributed by atoms with Crippen LogP contribution < -0.4 is 11.3 Å². The molecule has 2 aromatic rings. The first kappa shape index (κ1) is 11.2. The minimum absolute atomic E-state index is 0.0689. The summed E-state index contributed by atoms with van der Waals surface area (Å²) in [6.45, 7) is 2.16. The van der Waals surface area contributed by atoms with Gasteiger partial charge in [-0.05, 0) is 18.6 Å². The lowest BCUT2D eigenvalue weighted by atomic mass is 10.0. The Balaban J connectivity index is 3.08. The number of aromatic nitrogens is 1. The fraction of sp³-hybridized carbons (Fsp3) is 0.250. The summed E-state index contributed by atoms with van der Waals surface area (Å²) in [5.41, 5.74) is 7.87. The molecule has 0 aliphatic rings. The molecule has 0 radical (unpaired) electrons. The Morgan fingerprint density at radius 1 is 1.44 bits per heavy atom. The maximum atomic E-state index is 12.0. The second kappa shape index (κ2) is 3.92. The van der Waals surface area contributed by atoms with Crippen molar-refractivity contribution in [3.05, 3.63) is 44.7 Å². The zero-order chi connectivity index (χ0) is 11.9. The Labute approximate surface area is 98.4 Å². The molecule has 2 rings (SSSR count). The molecule has 0 bridgehead atoms. The summed E-state index contributed by atoms with van der Waals surface area (Å²) in [5.74, 6) is 0. The summed E-state index contributed by atoms with van der Waals surface area (Å²) >= 11 is 6.11. The van der Waals surface area contributed by atoms with Gasteiger partial charge in [-0.25, -0.2) is 0 Å². The molecule has 2 N–H and O–H groups in total. The Morgan fingerprint density at radius 2 is 2.12 bits per heavy atom. The minimum Gasteiger partial charge on any atom is -0.326 e. The van der Waals surface area contributed by atoms with Crippen LogP contribution >= 0.6 is 11.6 Å². The highest BCUT2D eigenvalue weighted by Gasteiger charge is 2.12. The Morgan fingerprint density at radius 3 is 2.75 bits per heavy atom. The summed E-state index contributed by atoms with van der Waals surface area (Å²) in [7, 11) is 1.72. The van der Waals surface area contributed by atoms with Crippen LogP contribution in [0.5, 0.6) is 0 Å². The Hall–Kier alpha value is -1.32. The fourth-order valence-corrected chi connectivity index (χ4v) is 2.33. The first-order chi connectivity index (χ1) is 7.57. The maximum absolute atomic E-state index is 12.0. The van der Waals surface area contributed by atoms with Gasteiger partial charge in [0.2, 0.25) is 0 Å². The van der Waals surface area contributed by atoms with Crippen molar-refractivity contribution in [1.29, 1.82) is 0 Å². The van der Waals surface area contributed by atoms with E-state index in [1.807, 2.05) is 19.1 Å². The van der Waals surface area contributed by atoms with E-state index in [0.717, 1.165) is 16.5 Å². The SMILES string of the molecule is Cc1c(CN)c(=O)n(C)c2c(Cl)cccc12. The number of pyridine rings is 1. The van der Waals surface area contributed by atoms with Crippen LogP contribution in [-0.2, 0) is 13.6 Å². The van der Waals surface area contributed by atoms with Gasteiger partial charge in [-0.2, -0.15) is 0 Å². The molecule has 0 unspecified atom stereocenters. The number of para-hydroxylation sites is 1. The van der Waals surface area contributed by atoms with Crippen molar-refractivity contribution in [1.82, 2.24) is 4.57 Å². The van der Waals surface area contributed by atoms with Gasteiger partial charge in [0.25, 0.3) is 5.56 Å². The summed E-state index contributed by atoms with van der Waals surface area (Å²) < 4.78 is 1.56. The highest BCUT2D eigenvalue weighted by atomic mass is 35.5. The van der Waals surface area contributed by atoms with Crippen molar-refractivity contribution in [2.24, 2.45) is 12.8 Å². The van der Waals surface area contributed by atoms with E-state index in [4.69, 9.17) is 17.3 Å². The van der Waals surface area contributed by atoms with Crippen molar-refractivity contribution in [3.63, 3.8) is 0 Å². The lowest BCUT2D eigenvalue weighted by Gasteiger charge is -2.12. The quantitative estimate of drug-likeness (QED) is 0.823. The van der Waals surface area contributed by atoms with Crippen molar-refractivity contribution in [3.8, 4) is 0 Å². The monoisotopic (exact) mass is 236 g/mol. The van der Waals surface area contributed by atoms with Crippen LogP contribution in [0.4, 0.5) is 0 Å². The highest BCUT2D eigenvalue weighted by molar-refractivity contribution is 6.35. The van der Waals surface area contributed by atoms with Crippen molar-refractivity contribution < 1.29 is 0 Å². The van der Waals surface area contributed by atoms with Gasteiger partial charge in [0.15, 0.2) is 0 Å². The standard InChI is InChI=1S/C12H13ClN2O/c1-7-8-4-3-5-10(13)11(8)15(2)12(16)9(7)6-14/h3-5H,6,14H2,1-2H3. The van der Waals surface area contributed by atoms with Crippen LogP contribution in [0.15, 0.2) is 23.0 Å². The first-order valence-electron chi connectivity index (χ1n) is 5.04. The van der Waals surface area contributed by atoms with Crippen LogP contribution in [-0.4, -0.2) is 4.57 Å². The predicted octanol–water partition coefficient (Wildman–Crippen LogP) is 1.96. The van der Waals surface area contributed by atoms with E-state index in [2.05, 4.69) is 0 Å². The van der Waals surface area contributed by atoms with Gasteiger partial charge in [0.05, 0.1) is 10.5 Å². The Kier molecular flexibility index (Phi) is 2.74. The molecule has 0 atom stereocenters. The third kappa shape index (κ3) is 1.44. The van der Waals surface area contributed by atoms with Crippen LogP contribution in [0, 0.1) is 6.92 Å². The largest absolute Gasteiger partial charge is 0.326 e. The highest BCUT2D eigenvalue weighted by Crippen LogP contribution is 2.25. The third-order valence-corrected chi connectivity index (χ3v) is 3.25. The summed E-state index contributed by atoms with van der Waals surface area (Å²) in [6, 6.07) is 5.61. The van der Waals surface area contributed by atoms with Gasteiger partial charge in [-0.1, -0.05) is 23.7 Å². The van der Waals surface area contributed by atoms with Crippen molar-refractivity contribution in [2.45, 2.75) is 13.5 Å². The van der Waals surface area contributed by atoms with E-state index in [1.54, 1.807) is 17.7 Å². The van der Waals surface area contributed by atoms with Gasteiger partial charge in [-0.15, -0.1) is 0 Å². The van der Waals surface area contributed by atoms with Crippen molar-refractivity contribution in [2.75, 3.05) is 0 Å². The summed E-state index contributed by atoms with van der Waals surface area (Å²) in [5, 5.41) is 1.57. The fourth-order valence-electron chi connectivity index (χ4n) is 2.03. The molecule has 0 aliphatic carbocycles. The molecular formula is C12H13ClN2O. The molecule has 0 aliphatic heterocycles. The zero-order valence-corrected chi connectivity index (χ0v) is 10.0. The smallest absolute Gasteiger partial charge is 0.255 e. The van der Waals surface area contributed by atoms with E-state index in [1.165, 1.54) is 0 Å². The molecule has 0 saturated heterocycles. The normalized spacial score (nSPS) is 11.0. The maximum Gasteiger partial charge on any atom is 0.255 e. The average Bonchev–Trinajstić information content (AvgIpc) is 2.27. The molecule has 84 valence electrons. The molecular weight excluding hydrogens is 224 g/mol.